The molecule has 2 heterocycles. The minimum absolute atomic E-state index is 0.179. The maximum absolute atomic E-state index is 13.3. The highest BCUT2D eigenvalue weighted by Crippen LogP contribution is 2.35. The lowest BCUT2D eigenvalue weighted by Gasteiger charge is -2.18. The Morgan fingerprint density at radius 3 is 2.85 bits per heavy atom. The molecule has 1 amide bonds. The maximum Gasteiger partial charge on any atom is 0.263 e. The number of benzene rings is 2. The van der Waals surface area contributed by atoms with E-state index in [0.29, 0.717) is 29.4 Å². The van der Waals surface area contributed by atoms with Gasteiger partial charge in [0.25, 0.3) is 11.5 Å². The summed E-state index contributed by atoms with van der Waals surface area (Å²) in [5, 5.41) is 4.75. The van der Waals surface area contributed by atoms with Crippen molar-refractivity contribution in [2.24, 2.45) is 11.0 Å². The van der Waals surface area contributed by atoms with Gasteiger partial charge in [0, 0.05) is 9.35 Å². The van der Waals surface area contributed by atoms with Gasteiger partial charge in [-0.25, -0.2) is 10.4 Å². The van der Waals surface area contributed by atoms with E-state index in [9.17, 15) is 9.59 Å². The first-order chi connectivity index (χ1) is 18.8. The predicted octanol–water partition coefficient (Wildman–Crippen LogP) is 5.64. The second kappa shape index (κ2) is 11.7. The van der Waals surface area contributed by atoms with Gasteiger partial charge < -0.3 is 9.47 Å². The first-order valence-electron chi connectivity index (χ1n) is 12.7. The van der Waals surface area contributed by atoms with Crippen molar-refractivity contribution in [2.75, 3.05) is 7.11 Å². The van der Waals surface area contributed by atoms with Gasteiger partial charge in [-0.2, -0.15) is 5.10 Å². The number of hydrazone groups is 1. The van der Waals surface area contributed by atoms with E-state index < -0.39 is 11.9 Å². The first kappa shape index (κ1) is 27.1. The zero-order valence-corrected chi connectivity index (χ0v) is 24.3. The van der Waals surface area contributed by atoms with Crippen LogP contribution in [0.3, 0.4) is 0 Å². The molecule has 2 aromatic heterocycles. The molecule has 0 saturated heterocycles. The Hall–Kier alpha value is -3.50. The third-order valence-corrected chi connectivity index (χ3v) is 8.61. The number of carbonyl (C=O) groups excluding carboxylic acids is 1. The maximum atomic E-state index is 13.3. The van der Waals surface area contributed by atoms with E-state index in [4.69, 9.17) is 9.47 Å². The molecule has 2 aromatic carbocycles. The first-order valence-corrected chi connectivity index (χ1v) is 14.3. The van der Waals surface area contributed by atoms with Gasteiger partial charge in [-0.1, -0.05) is 35.0 Å². The molecule has 0 fully saturated rings. The van der Waals surface area contributed by atoms with Crippen LogP contribution in [-0.2, 0) is 24.2 Å². The zero-order chi connectivity index (χ0) is 27.5. The molecule has 0 spiro atoms. The van der Waals surface area contributed by atoms with E-state index >= 15 is 0 Å². The van der Waals surface area contributed by atoms with Gasteiger partial charge in [0.15, 0.2) is 11.5 Å². The van der Waals surface area contributed by atoms with Gasteiger partial charge in [-0.15, -0.1) is 11.3 Å². The molecule has 1 aliphatic carbocycles. The van der Waals surface area contributed by atoms with Crippen molar-refractivity contribution < 1.29 is 14.3 Å². The normalized spacial score (nSPS) is 15.7. The lowest BCUT2D eigenvalue weighted by Crippen LogP contribution is -2.34. The summed E-state index contributed by atoms with van der Waals surface area (Å²) in [5.41, 5.74) is 5.21. The van der Waals surface area contributed by atoms with E-state index in [1.54, 1.807) is 37.5 Å². The molecule has 4 aromatic rings. The monoisotopic (exact) mass is 608 g/mol. The van der Waals surface area contributed by atoms with E-state index in [2.05, 4.69) is 38.4 Å². The van der Waals surface area contributed by atoms with Crippen molar-refractivity contribution in [1.29, 1.82) is 0 Å². The summed E-state index contributed by atoms with van der Waals surface area (Å²) in [4.78, 5) is 32.7. The highest BCUT2D eigenvalue weighted by Gasteiger charge is 2.25. The van der Waals surface area contributed by atoms with Gasteiger partial charge in [0.05, 0.1) is 25.0 Å². The highest BCUT2D eigenvalue weighted by molar-refractivity contribution is 9.10. The van der Waals surface area contributed by atoms with Gasteiger partial charge in [-0.05, 0) is 79.1 Å². The largest absolute Gasteiger partial charge is 0.493 e. The molecule has 5 rings (SSSR count). The molecule has 0 bridgehead atoms. The number of aryl methyl sites for hydroxylation is 1. The van der Waals surface area contributed by atoms with Crippen molar-refractivity contribution in [3.63, 3.8) is 0 Å². The molecular weight excluding hydrogens is 580 g/mol. The Kier molecular flexibility index (Phi) is 8.13. The number of thiophene rings is 1. The third kappa shape index (κ3) is 5.91. The molecule has 2 atom stereocenters. The molecule has 202 valence electrons. The summed E-state index contributed by atoms with van der Waals surface area (Å²) in [6.45, 7) is 4.30. The van der Waals surface area contributed by atoms with Crippen molar-refractivity contribution in [1.82, 2.24) is 15.0 Å². The Bertz CT molecular complexity index is 1600. The van der Waals surface area contributed by atoms with Crippen LogP contribution >= 0.6 is 27.3 Å². The molecule has 1 N–H and O–H groups in total. The van der Waals surface area contributed by atoms with Crippen LogP contribution in [0.4, 0.5) is 0 Å². The summed E-state index contributed by atoms with van der Waals surface area (Å²) in [6.07, 6.45) is 5.89. The summed E-state index contributed by atoms with van der Waals surface area (Å²) in [5.74, 6) is 1.35. The van der Waals surface area contributed by atoms with Crippen molar-refractivity contribution >= 4 is 49.6 Å². The van der Waals surface area contributed by atoms with Crippen LogP contribution in [0.1, 0.15) is 47.9 Å². The molecule has 0 saturated carbocycles. The number of halogens is 1. The van der Waals surface area contributed by atoms with Crippen molar-refractivity contribution in [3.05, 3.63) is 85.2 Å². The quantitative estimate of drug-likeness (QED) is 0.206. The molecule has 0 aliphatic heterocycles. The number of hydrogen-bond acceptors (Lipinski definition) is 7. The number of amides is 1. The van der Waals surface area contributed by atoms with E-state index in [-0.39, 0.29) is 5.56 Å². The number of nitrogens with zero attached hydrogens (tertiary/aromatic N) is 3. The average molecular weight is 610 g/mol. The van der Waals surface area contributed by atoms with Gasteiger partial charge in [-0.3, -0.25) is 14.2 Å². The van der Waals surface area contributed by atoms with Gasteiger partial charge in [0.2, 0.25) is 0 Å². The van der Waals surface area contributed by atoms with Crippen LogP contribution < -0.4 is 20.5 Å². The fourth-order valence-corrected chi connectivity index (χ4v) is 6.24. The number of fused-ring (bicyclic) bond motifs is 3. The van der Waals surface area contributed by atoms with Crippen LogP contribution in [0.5, 0.6) is 11.5 Å². The van der Waals surface area contributed by atoms with E-state index in [0.717, 1.165) is 45.3 Å². The number of methoxy groups -OCH3 is 1. The van der Waals surface area contributed by atoms with Gasteiger partial charge >= 0.3 is 0 Å². The number of rotatable bonds is 8. The fraction of sp³-hybridized carbons (Fsp3) is 0.310. The molecule has 10 heteroatoms. The standard InChI is InChI=1S/C29H29BrN4O4S/c1-17-4-10-22-25(12-17)39-28-26(22)29(36)34(16-31-28)18(2)27(35)33-32-14-20-7-11-23(24(13-20)37-3)38-15-19-5-8-21(30)9-6-19/h5-9,11,13-14,16-18H,4,10,12,15H2,1-3H3,(H,33,35)/b32-14-/t17-,18+/m0/s1. The Morgan fingerprint density at radius 2 is 2.08 bits per heavy atom. The highest BCUT2D eigenvalue weighted by atomic mass is 79.9. The fourth-order valence-electron chi connectivity index (χ4n) is 4.64. The van der Waals surface area contributed by atoms with Gasteiger partial charge in [0.1, 0.15) is 17.5 Å². The van der Waals surface area contributed by atoms with Crippen LogP contribution in [0, 0.1) is 5.92 Å². The van der Waals surface area contributed by atoms with Crippen LogP contribution in [0.2, 0.25) is 0 Å². The lowest BCUT2D eigenvalue weighted by atomic mass is 9.89. The summed E-state index contributed by atoms with van der Waals surface area (Å²) < 4.78 is 13.8. The SMILES string of the molecule is COc1cc(/C=N\NC(=O)[C@@H](C)n2cnc3sc4c(c3c2=O)CC[C@H](C)C4)ccc1OCc1ccc(Br)cc1. The summed E-state index contributed by atoms with van der Waals surface area (Å²) >= 11 is 5.02. The van der Waals surface area contributed by atoms with Crippen LogP contribution in [0.25, 0.3) is 10.2 Å². The Labute approximate surface area is 238 Å². The van der Waals surface area contributed by atoms with Crippen LogP contribution in [0.15, 0.2) is 63.2 Å². The average Bonchev–Trinajstić information content (AvgIpc) is 3.31. The van der Waals surface area contributed by atoms with Crippen molar-refractivity contribution in [3.8, 4) is 11.5 Å². The summed E-state index contributed by atoms with van der Waals surface area (Å²) in [7, 11) is 1.57. The minimum atomic E-state index is -0.770. The molecule has 1 aliphatic rings. The zero-order valence-electron chi connectivity index (χ0n) is 21.9. The Morgan fingerprint density at radius 1 is 1.28 bits per heavy atom. The molecule has 0 radical (unpaired) electrons. The number of ether oxygens (including phenoxy) is 2. The molecule has 39 heavy (non-hydrogen) atoms. The lowest BCUT2D eigenvalue weighted by molar-refractivity contribution is -0.123. The number of hydrogen-bond donors (Lipinski definition) is 1. The summed E-state index contributed by atoms with van der Waals surface area (Å²) in [6, 6.07) is 12.5. The topological polar surface area (TPSA) is 94.8 Å². The molecular formula is C29H29BrN4O4S. The van der Waals surface area contributed by atoms with E-state index in [1.165, 1.54) is 22.0 Å². The number of aromatic nitrogens is 2. The minimum Gasteiger partial charge on any atom is -0.493 e. The van der Waals surface area contributed by atoms with E-state index in [1.807, 2.05) is 30.3 Å². The molecule has 8 nitrogen and oxygen atoms in total. The smallest absolute Gasteiger partial charge is 0.263 e. The Balaban J connectivity index is 1.25. The number of carbonyl (C=O) groups is 1. The predicted molar refractivity (Wildman–Crippen MR) is 157 cm³/mol. The number of nitrogens with one attached hydrogen (secondary N) is 1. The second-order valence-corrected chi connectivity index (χ2v) is 11.7. The van der Waals surface area contributed by atoms with Crippen molar-refractivity contribution in [2.45, 2.75) is 45.8 Å². The third-order valence-electron chi connectivity index (χ3n) is 6.92. The van der Waals surface area contributed by atoms with Crippen LogP contribution in [-0.4, -0.2) is 28.8 Å². The second-order valence-electron chi connectivity index (χ2n) is 9.72. The molecule has 0 unspecified atom stereocenters.